The van der Waals surface area contributed by atoms with Crippen LogP contribution in [-0.2, 0) is 19.6 Å². The Morgan fingerprint density at radius 1 is 1.00 bits per heavy atom. The summed E-state index contributed by atoms with van der Waals surface area (Å²) in [5.41, 5.74) is 7.59. The molecule has 0 spiro atoms. The number of rotatable bonds is 6. The second kappa shape index (κ2) is 10.0. The molecule has 0 amide bonds. The van der Waals surface area contributed by atoms with Crippen LogP contribution in [0.1, 0.15) is 35.5 Å². The lowest BCUT2D eigenvalue weighted by molar-refractivity contribution is 0.288. The maximum absolute atomic E-state index is 6.25. The van der Waals surface area contributed by atoms with Crippen molar-refractivity contribution in [1.29, 1.82) is 0 Å². The number of nitrogens with one attached hydrogen (secondary N) is 1. The van der Waals surface area contributed by atoms with Crippen molar-refractivity contribution in [2.45, 2.75) is 39.3 Å². The molecule has 0 fully saturated rings. The molecule has 186 valence electrons. The lowest BCUT2D eigenvalue weighted by Crippen LogP contribution is -2.15. The van der Waals surface area contributed by atoms with Gasteiger partial charge in [-0.1, -0.05) is 72.3 Å². The van der Waals surface area contributed by atoms with Crippen molar-refractivity contribution in [2.75, 3.05) is 5.32 Å². The van der Waals surface area contributed by atoms with E-state index in [-0.39, 0.29) is 0 Å². The quantitative estimate of drug-likeness (QED) is 0.233. The largest absolute Gasteiger partial charge is 0.486 e. The maximum Gasteiger partial charge on any atom is 0.169 e. The molecule has 0 unspecified atom stereocenters. The third-order valence-corrected chi connectivity index (χ3v) is 7.46. The van der Waals surface area contributed by atoms with Crippen molar-refractivity contribution in [1.82, 2.24) is 14.2 Å². The molecule has 1 N–H and O–H groups in total. The van der Waals surface area contributed by atoms with Crippen molar-refractivity contribution in [2.24, 2.45) is 0 Å². The number of benzene rings is 3. The molecule has 37 heavy (non-hydrogen) atoms. The third-order valence-electron chi connectivity index (χ3n) is 6.91. The van der Waals surface area contributed by atoms with Crippen LogP contribution in [0.25, 0.3) is 16.8 Å². The molecule has 3 heterocycles. The molecule has 6 rings (SSSR count). The van der Waals surface area contributed by atoms with Gasteiger partial charge in [0, 0.05) is 28.4 Å². The maximum atomic E-state index is 6.25. The van der Waals surface area contributed by atoms with Gasteiger partial charge in [0.1, 0.15) is 28.7 Å². The summed E-state index contributed by atoms with van der Waals surface area (Å²) in [6, 6.07) is 26.1. The molecule has 5 nitrogen and oxygen atoms in total. The zero-order valence-electron chi connectivity index (χ0n) is 20.6. The van der Waals surface area contributed by atoms with Gasteiger partial charge in [-0.3, -0.25) is 0 Å². The highest BCUT2D eigenvalue weighted by Crippen LogP contribution is 2.38. The molecule has 0 atom stereocenters. The van der Waals surface area contributed by atoms with E-state index in [0.717, 1.165) is 71.1 Å². The van der Waals surface area contributed by atoms with Crippen molar-refractivity contribution < 1.29 is 4.74 Å². The number of halogens is 1. The highest BCUT2D eigenvalue weighted by Gasteiger charge is 2.29. The lowest BCUT2D eigenvalue weighted by Gasteiger charge is -2.13. The summed E-state index contributed by atoms with van der Waals surface area (Å²) in [6.45, 7) is 3.36. The van der Waals surface area contributed by atoms with E-state index in [4.69, 9.17) is 33.7 Å². The Labute approximate surface area is 226 Å². The number of anilines is 1. The Kier molecular flexibility index (Phi) is 6.45. The van der Waals surface area contributed by atoms with Crippen molar-refractivity contribution in [3.05, 3.63) is 107 Å². The Morgan fingerprint density at radius 2 is 1.76 bits per heavy atom. The van der Waals surface area contributed by atoms with Gasteiger partial charge < -0.3 is 14.6 Å². The molecule has 0 saturated carbocycles. The van der Waals surface area contributed by atoms with Gasteiger partial charge in [0.05, 0.1) is 0 Å². The number of nitrogens with zero attached hydrogens (tertiary/aromatic N) is 3. The van der Waals surface area contributed by atoms with Crippen molar-refractivity contribution >= 4 is 40.1 Å². The van der Waals surface area contributed by atoms with Crippen molar-refractivity contribution in [3.63, 3.8) is 0 Å². The summed E-state index contributed by atoms with van der Waals surface area (Å²) in [6.07, 6.45) is 3.14. The monoisotopic (exact) mass is 526 g/mol. The van der Waals surface area contributed by atoms with Gasteiger partial charge in [-0.05, 0) is 67.6 Å². The fourth-order valence-electron chi connectivity index (χ4n) is 5.11. The smallest absolute Gasteiger partial charge is 0.169 e. The average Bonchev–Trinajstić information content (AvgIpc) is 3.31. The molecular weight excluding hydrogens is 500 g/mol. The van der Waals surface area contributed by atoms with Crippen LogP contribution in [0.4, 0.5) is 5.69 Å². The van der Waals surface area contributed by atoms with Gasteiger partial charge in [-0.15, -0.1) is 5.10 Å². The van der Waals surface area contributed by atoms with E-state index in [9.17, 15) is 0 Å². The normalized spacial score (nSPS) is 12.9. The molecule has 1 aliphatic heterocycles. The van der Waals surface area contributed by atoms with E-state index < -0.39 is 0 Å². The summed E-state index contributed by atoms with van der Waals surface area (Å²) in [5, 5.41) is 9.31. The molecular formula is C30H27ClN4OS. The molecule has 0 aliphatic carbocycles. The number of para-hydroxylation sites is 2. The second-order valence-electron chi connectivity index (χ2n) is 9.34. The van der Waals surface area contributed by atoms with E-state index in [1.807, 2.05) is 59.1 Å². The number of hydrogen-bond donors (Lipinski definition) is 1. The predicted molar refractivity (Wildman–Crippen MR) is 154 cm³/mol. The number of ether oxygens (including phenoxy) is 1. The van der Waals surface area contributed by atoms with Crippen LogP contribution in [0.2, 0.25) is 5.02 Å². The fourth-order valence-corrected chi connectivity index (χ4v) is 5.53. The summed E-state index contributed by atoms with van der Waals surface area (Å²) in [4.78, 5) is 0.640. The SMILES string of the molecule is Cc1ccccc1NC(=S)c1c(-c2ccc(Cl)cc2)c2c3n(c(COc4ccccc4)nn13)CCCC2. The molecule has 2 aromatic heterocycles. The minimum atomic E-state index is 0.388. The number of thiocarbonyl (C=S) groups is 1. The first kappa shape index (κ1) is 23.8. The number of aromatic nitrogens is 3. The van der Waals surface area contributed by atoms with E-state index in [2.05, 4.69) is 41.1 Å². The minimum Gasteiger partial charge on any atom is -0.486 e. The highest BCUT2D eigenvalue weighted by molar-refractivity contribution is 7.81. The molecule has 7 heteroatoms. The number of hydrogen-bond acceptors (Lipinski definition) is 3. The first-order valence-corrected chi connectivity index (χ1v) is 13.3. The van der Waals surface area contributed by atoms with Crippen LogP contribution in [0.15, 0.2) is 78.9 Å². The topological polar surface area (TPSA) is 43.5 Å². The summed E-state index contributed by atoms with van der Waals surface area (Å²) in [5.74, 6) is 1.72. The first-order valence-electron chi connectivity index (χ1n) is 12.5. The molecule has 0 saturated heterocycles. The third kappa shape index (κ3) is 4.52. The van der Waals surface area contributed by atoms with Crippen LogP contribution in [0.5, 0.6) is 5.75 Å². The Morgan fingerprint density at radius 3 is 2.54 bits per heavy atom. The molecule has 0 bridgehead atoms. The molecule has 1 aliphatic rings. The zero-order chi connectivity index (χ0) is 25.4. The molecule has 5 aromatic rings. The van der Waals surface area contributed by atoms with E-state index in [1.54, 1.807) is 0 Å². The van der Waals surface area contributed by atoms with E-state index >= 15 is 0 Å². The predicted octanol–water partition coefficient (Wildman–Crippen LogP) is 7.47. The minimum absolute atomic E-state index is 0.388. The zero-order valence-corrected chi connectivity index (χ0v) is 22.1. The Bertz CT molecular complexity index is 1590. The lowest BCUT2D eigenvalue weighted by atomic mass is 9.98. The van der Waals surface area contributed by atoms with Gasteiger partial charge >= 0.3 is 0 Å². The summed E-state index contributed by atoms with van der Waals surface area (Å²) < 4.78 is 10.5. The standard InChI is InChI=1S/C30H27ClN4OS/c1-20-9-5-6-13-25(20)32-29(37)28-27(21-14-16-22(31)17-15-21)24-12-7-8-18-34-26(33-35(28)30(24)34)19-36-23-10-3-2-4-11-23/h2-6,9-11,13-17H,7-8,12,18-19H2,1H3,(H,32,37). The summed E-state index contributed by atoms with van der Waals surface area (Å²) in [7, 11) is 0. The van der Waals surface area contributed by atoms with Crippen LogP contribution >= 0.6 is 23.8 Å². The van der Waals surface area contributed by atoms with Crippen molar-refractivity contribution in [3.8, 4) is 16.9 Å². The number of aryl methyl sites for hydroxylation is 3. The fraction of sp³-hybridized carbons (Fsp3) is 0.200. The highest BCUT2D eigenvalue weighted by atomic mass is 35.5. The van der Waals surface area contributed by atoms with Gasteiger partial charge in [0.15, 0.2) is 5.82 Å². The Balaban J connectivity index is 1.51. The van der Waals surface area contributed by atoms with Crippen LogP contribution in [-0.4, -0.2) is 19.2 Å². The Hall–Kier alpha value is -3.61. The van der Waals surface area contributed by atoms with Gasteiger partial charge in [0.25, 0.3) is 0 Å². The van der Waals surface area contributed by atoms with Gasteiger partial charge in [0.2, 0.25) is 0 Å². The van der Waals surface area contributed by atoms with Crippen LogP contribution < -0.4 is 10.1 Å². The molecule has 0 radical (unpaired) electrons. The van der Waals surface area contributed by atoms with Gasteiger partial charge in [-0.25, -0.2) is 4.52 Å². The second-order valence-corrected chi connectivity index (χ2v) is 10.2. The van der Waals surface area contributed by atoms with Crippen LogP contribution in [0.3, 0.4) is 0 Å². The molecule has 3 aromatic carbocycles. The van der Waals surface area contributed by atoms with E-state index in [1.165, 1.54) is 5.56 Å². The van der Waals surface area contributed by atoms with Gasteiger partial charge in [-0.2, -0.15) is 0 Å². The van der Waals surface area contributed by atoms with Crippen LogP contribution in [0, 0.1) is 6.92 Å². The van der Waals surface area contributed by atoms with E-state index in [0.29, 0.717) is 16.6 Å². The average molecular weight is 527 g/mol. The first-order chi connectivity index (χ1) is 18.1. The summed E-state index contributed by atoms with van der Waals surface area (Å²) >= 11 is 12.3.